The molecule has 0 spiro atoms. The number of nitrogens with zero attached hydrogens (tertiary/aromatic N) is 1. The van der Waals surface area contributed by atoms with Crippen LogP contribution in [0.25, 0.3) is 0 Å². The molecular formula is C12H15ClN2O5S. The summed E-state index contributed by atoms with van der Waals surface area (Å²) in [6.45, 7) is 6.57. The number of nitrogens with one attached hydrogen (secondary N) is 1. The second kappa shape index (κ2) is 5.61. The predicted octanol–water partition coefficient (Wildman–Crippen LogP) is 2.36. The quantitative estimate of drug-likeness (QED) is 0.518. The van der Waals surface area contributed by atoms with Gasteiger partial charge in [-0.25, -0.2) is 8.42 Å². The molecule has 0 atom stereocenters. The van der Waals surface area contributed by atoms with Crippen molar-refractivity contribution in [2.75, 3.05) is 0 Å². The monoisotopic (exact) mass is 334 g/mol. The molecule has 0 bridgehead atoms. The van der Waals surface area contributed by atoms with Gasteiger partial charge in [0.2, 0.25) is 0 Å². The van der Waals surface area contributed by atoms with Crippen LogP contribution in [0, 0.1) is 17.0 Å². The highest BCUT2D eigenvalue weighted by Gasteiger charge is 2.26. The van der Waals surface area contributed by atoms with E-state index in [1.165, 1.54) is 6.92 Å². The highest BCUT2D eigenvalue weighted by atomic mass is 35.7. The van der Waals surface area contributed by atoms with Gasteiger partial charge in [0, 0.05) is 28.4 Å². The summed E-state index contributed by atoms with van der Waals surface area (Å²) in [5.74, 6) is -0.606. The molecule has 7 nitrogen and oxygen atoms in total. The zero-order chi connectivity index (χ0) is 16.6. The number of hydrogen-bond donors (Lipinski definition) is 1. The molecule has 21 heavy (non-hydrogen) atoms. The van der Waals surface area contributed by atoms with E-state index in [1.54, 1.807) is 20.8 Å². The molecule has 0 aliphatic carbocycles. The van der Waals surface area contributed by atoms with Gasteiger partial charge in [0.25, 0.3) is 20.6 Å². The maximum absolute atomic E-state index is 12.2. The van der Waals surface area contributed by atoms with Gasteiger partial charge < -0.3 is 5.32 Å². The molecule has 1 N–H and O–H groups in total. The summed E-state index contributed by atoms with van der Waals surface area (Å²) < 4.78 is 23.0. The van der Waals surface area contributed by atoms with Crippen molar-refractivity contribution in [2.24, 2.45) is 0 Å². The maximum atomic E-state index is 12.2. The topological polar surface area (TPSA) is 106 Å². The zero-order valence-corrected chi connectivity index (χ0v) is 13.5. The van der Waals surface area contributed by atoms with Gasteiger partial charge in [-0.05, 0) is 33.3 Å². The number of nitro benzene ring substituents is 1. The first kappa shape index (κ1) is 17.4. The van der Waals surface area contributed by atoms with Gasteiger partial charge in [-0.15, -0.1) is 0 Å². The van der Waals surface area contributed by atoms with Gasteiger partial charge in [-0.3, -0.25) is 14.9 Å². The smallest absolute Gasteiger partial charge is 0.271 e. The summed E-state index contributed by atoms with van der Waals surface area (Å²) in [6, 6.07) is 1.87. The van der Waals surface area contributed by atoms with Gasteiger partial charge in [0.05, 0.1) is 15.4 Å². The van der Waals surface area contributed by atoms with E-state index in [4.69, 9.17) is 10.7 Å². The summed E-state index contributed by atoms with van der Waals surface area (Å²) in [5.41, 5.74) is -1.12. The first-order chi connectivity index (χ1) is 9.33. The van der Waals surface area contributed by atoms with Gasteiger partial charge in [-0.1, -0.05) is 0 Å². The molecule has 1 rings (SSSR count). The molecule has 0 saturated heterocycles. The zero-order valence-electron chi connectivity index (χ0n) is 11.9. The molecule has 1 amide bonds. The summed E-state index contributed by atoms with van der Waals surface area (Å²) in [7, 11) is 1.07. The van der Waals surface area contributed by atoms with E-state index in [0.717, 1.165) is 12.1 Å². The maximum Gasteiger partial charge on any atom is 0.271 e. The SMILES string of the molecule is Cc1c(C(=O)NC(C)(C)C)cc([N+](=O)[O-])cc1S(=O)(=O)Cl. The summed E-state index contributed by atoms with van der Waals surface area (Å²) in [6.07, 6.45) is 0. The number of hydrogen-bond acceptors (Lipinski definition) is 5. The number of nitro groups is 1. The van der Waals surface area contributed by atoms with E-state index in [0.29, 0.717) is 0 Å². The van der Waals surface area contributed by atoms with Gasteiger partial charge in [0.1, 0.15) is 0 Å². The molecule has 116 valence electrons. The van der Waals surface area contributed by atoms with E-state index >= 15 is 0 Å². The highest BCUT2D eigenvalue weighted by molar-refractivity contribution is 8.13. The summed E-state index contributed by atoms with van der Waals surface area (Å²) >= 11 is 0. The van der Waals surface area contributed by atoms with Crippen LogP contribution in [0.1, 0.15) is 36.7 Å². The van der Waals surface area contributed by atoms with Crippen LogP contribution in [0.4, 0.5) is 5.69 Å². The number of amides is 1. The van der Waals surface area contributed by atoms with E-state index in [-0.39, 0.29) is 11.1 Å². The van der Waals surface area contributed by atoms with E-state index in [1.807, 2.05) is 0 Å². The molecule has 0 saturated carbocycles. The normalized spacial score (nSPS) is 12.0. The van der Waals surface area contributed by atoms with Crippen LogP contribution in [-0.2, 0) is 9.05 Å². The number of benzene rings is 1. The third-order valence-electron chi connectivity index (χ3n) is 2.55. The van der Waals surface area contributed by atoms with Crippen molar-refractivity contribution in [3.63, 3.8) is 0 Å². The lowest BCUT2D eigenvalue weighted by Gasteiger charge is -2.21. The molecule has 0 unspecified atom stereocenters. The van der Waals surface area contributed by atoms with Crippen LogP contribution in [0.3, 0.4) is 0 Å². The third kappa shape index (κ3) is 4.40. The number of halogens is 1. The Morgan fingerprint density at radius 2 is 1.86 bits per heavy atom. The van der Waals surface area contributed by atoms with Gasteiger partial charge in [0.15, 0.2) is 0 Å². The fourth-order valence-electron chi connectivity index (χ4n) is 1.68. The Morgan fingerprint density at radius 3 is 2.24 bits per heavy atom. The van der Waals surface area contributed by atoms with Crippen LogP contribution in [0.15, 0.2) is 17.0 Å². The van der Waals surface area contributed by atoms with Crippen molar-refractivity contribution in [1.29, 1.82) is 0 Å². The molecule has 1 aromatic carbocycles. The molecule has 0 heterocycles. The lowest BCUT2D eigenvalue weighted by atomic mass is 10.0. The highest BCUT2D eigenvalue weighted by Crippen LogP contribution is 2.28. The minimum absolute atomic E-state index is 0.0670. The largest absolute Gasteiger partial charge is 0.347 e. The minimum atomic E-state index is -4.20. The molecule has 0 aromatic heterocycles. The molecule has 9 heteroatoms. The van der Waals surface area contributed by atoms with Crippen LogP contribution in [0.5, 0.6) is 0 Å². The van der Waals surface area contributed by atoms with Crippen LogP contribution in [-0.4, -0.2) is 24.8 Å². The Bertz CT molecular complexity index is 707. The average molecular weight is 335 g/mol. The minimum Gasteiger partial charge on any atom is -0.347 e. The van der Waals surface area contributed by atoms with Crippen molar-refractivity contribution in [1.82, 2.24) is 5.32 Å². The van der Waals surface area contributed by atoms with E-state index in [2.05, 4.69) is 5.32 Å². The summed E-state index contributed by atoms with van der Waals surface area (Å²) in [5, 5.41) is 13.5. The molecule has 0 radical (unpaired) electrons. The Labute approximate surface area is 126 Å². The predicted molar refractivity (Wildman–Crippen MR) is 78.1 cm³/mol. The van der Waals surface area contributed by atoms with Crippen molar-refractivity contribution < 1.29 is 18.1 Å². The molecular weight excluding hydrogens is 320 g/mol. The molecule has 0 fully saturated rings. The Hall–Kier alpha value is -1.67. The molecule has 0 aliphatic rings. The fourth-order valence-corrected chi connectivity index (χ4v) is 2.89. The number of carbonyl (C=O) groups is 1. The van der Waals surface area contributed by atoms with Gasteiger partial charge in [-0.2, -0.15) is 0 Å². The molecule has 1 aromatic rings. The van der Waals surface area contributed by atoms with E-state index < -0.39 is 36.0 Å². The Balaban J connectivity index is 3.55. The number of rotatable bonds is 3. The van der Waals surface area contributed by atoms with Crippen molar-refractivity contribution >= 4 is 31.3 Å². The van der Waals surface area contributed by atoms with Crippen LogP contribution >= 0.6 is 10.7 Å². The number of non-ortho nitro benzene ring substituents is 1. The van der Waals surface area contributed by atoms with Crippen molar-refractivity contribution in [3.05, 3.63) is 33.4 Å². The Morgan fingerprint density at radius 1 is 1.33 bits per heavy atom. The standard InChI is InChI=1S/C12H15ClN2O5S/c1-7-9(11(16)14-12(2,3)4)5-8(15(17)18)6-10(7)21(13,19)20/h5-6H,1-4H3,(H,14,16). The van der Waals surface area contributed by atoms with Crippen molar-refractivity contribution in [3.8, 4) is 0 Å². The Kier molecular flexibility index (Phi) is 4.64. The third-order valence-corrected chi connectivity index (χ3v) is 4.00. The first-order valence-electron chi connectivity index (χ1n) is 5.89. The molecule has 0 aliphatic heterocycles. The summed E-state index contributed by atoms with van der Waals surface area (Å²) in [4.78, 5) is 21.8. The fraction of sp³-hybridized carbons (Fsp3) is 0.417. The lowest BCUT2D eigenvalue weighted by Crippen LogP contribution is -2.41. The number of carbonyl (C=O) groups excluding carboxylic acids is 1. The van der Waals surface area contributed by atoms with E-state index in [9.17, 15) is 23.3 Å². The van der Waals surface area contributed by atoms with Crippen molar-refractivity contribution in [2.45, 2.75) is 38.1 Å². The lowest BCUT2D eigenvalue weighted by molar-refractivity contribution is -0.385. The average Bonchev–Trinajstić information content (AvgIpc) is 2.24. The van der Waals surface area contributed by atoms with Gasteiger partial charge >= 0.3 is 0 Å². The van der Waals surface area contributed by atoms with Crippen LogP contribution in [0.2, 0.25) is 0 Å². The van der Waals surface area contributed by atoms with Crippen LogP contribution < -0.4 is 5.32 Å². The second-order valence-electron chi connectivity index (χ2n) is 5.52. The second-order valence-corrected chi connectivity index (χ2v) is 8.05. The first-order valence-corrected chi connectivity index (χ1v) is 8.20.